The molecule has 1 saturated heterocycles. The number of fused-ring (bicyclic) bond motifs is 2. The quantitative estimate of drug-likeness (QED) is 0.450. The normalized spacial score (nSPS) is 16.7. The van der Waals surface area contributed by atoms with Crippen molar-refractivity contribution in [2.24, 2.45) is 0 Å². The lowest BCUT2D eigenvalue weighted by atomic mass is 10.1. The zero-order valence-electron chi connectivity index (χ0n) is 19.2. The van der Waals surface area contributed by atoms with Crippen LogP contribution in [-0.4, -0.2) is 32.6 Å². The predicted molar refractivity (Wildman–Crippen MR) is 129 cm³/mol. The van der Waals surface area contributed by atoms with Gasteiger partial charge in [-0.1, -0.05) is 36.4 Å². The minimum absolute atomic E-state index is 0.0191. The third-order valence-corrected chi connectivity index (χ3v) is 6.44. The van der Waals surface area contributed by atoms with Crippen LogP contribution >= 0.6 is 0 Å². The third kappa shape index (κ3) is 3.90. The van der Waals surface area contributed by atoms with Crippen molar-refractivity contribution < 1.29 is 9.53 Å². The first-order chi connectivity index (χ1) is 16.4. The summed E-state index contributed by atoms with van der Waals surface area (Å²) in [6, 6.07) is 14.6. The molecule has 174 valence electrons. The largest absolute Gasteiger partial charge is 0.376 e. The van der Waals surface area contributed by atoms with E-state index in [1.54, 1.807) is 16.8 Å². The van der Waals surface area contributed by atoms with Crippen LogP contribution in [0.1, 0.15) is 47.3 Å². The number of aromatic nitrogens is 3. The molecule has 0 saturated carbocycles. The van der Waals surface area contributed by atoms with Gasteiger partial charge in [0, 0.05) is 12.8 Å². The number of nitrogens with zero attached hydrogens (tertiary/aromatic N) is 3. The van der Waals surface area contributed by atoms with E-state index in [-0.39, 0.29) is 28.8 Å². The van der Waals surface area contributed by atoms with Crippen molar-refractivity contribution in [1.82, 2.24) is 19.3 Å². The molecule has 1 fully saturated rings. The molecule has 0 aliphatic carbocycles. The second kappa shape index (κ2) is 8.87. The van der Waals surface area contributed by atoms with Crippen molar-refractivity contribution in [3.05, 3.63) is 87.3 Å². The molecule has 5 rings (SSSR count). The predicted octanol–water partition coefficient (Wildman–Crippen LogP) is 3.11. The van der Waals surface area contributed by atoms with Crippen molar-refractivity contribution in [2.45, 2.75) is 45.4 Å². The first-order valence-corrected chi connectivity index (χ1v) is 11.5. The van der Waals surface area contributed by atoms with E-state index in [0.29, 0.717) is 29.8 Å². The summed E-state index contributed by atoms with van der Waals surface area (Å²) < 4.78 is 8.96. The molecule has 8 nitrogen and oxygen atoms in total. The summed E-state index contributed by atoms with van der Waals surface area (Å²) in [6.07, 6.45) is 3.40. The molecule has 4 heterocycles. The van der Waals surface area contributed by atoms with E-state index in [1.165, 1.54) is 10.5 Å². The van der Waals surface area contributed by atoms with Crippen molar-refractivity contribution >= 4 is 22.6 Å². The first-order valence-electron chi connectivity index (χ1n) is 11.5. The summed E-state index contributed by atoms with van der Waals surface area (Å²) >= 11 is 0. The molecule has 8 heteroatoms. The Hall–Kier alpha value is -3.78. The molecule has 34 heavy (non-hydrogen) atoms. The molecule has 3 aromatic heterocycles. The van der Waals surface area contributed by atoms with Crippen LogP contribution in [0.25, 0.3) is 16.7 Å². The van der Waals surface area contributed by atoms with Gasteiger partial charge in [0.1, 0.15) is 16.8 Å². The van der Waals surface area contributed by atoms with Crippen LogP contribution in [0, 0.1) is 12.3 Å². The molecule has 1 aromatic carbocycles. The lowest BCUT2D eigenvalue weighted by molar-refractivity contribution is 0.0923. The second-order valence-corrected chi connectivity index (χ2v) is 8.80. The number of hydrogen-bond donors (Lipinski definition) is 2. The monoisotopic (exact) mass is 457 g/mol. The Morgan fingerprint density at radius 1 is 1.24 bits per heavy atom. The molecule has 2 atom stereocenters. The number of pyridine rings is 2. The number of hydrogen-bond acceptors (Lipinski definition) is 5. The number of nitrogens with one attached hydrogen (secondary N) is 2. The number of carbonyl (C=O) groups is 1. The molecule has 1 aliphatic rings. The maximum Gasteiger partial charge on any atom is 0.267 e. The molecule has 4 aromatic rings. The number of aryl methyl sites for hydroxylation is 1. The Balaban J connectivity index is 1.67. The topological polar surface area (TPSA) is 101 Å². The molecule has 0 unspecified atom stereocenters. The number of benzene rings is 1. The van der Waals surface area contributed by atoms with Gasteiger partial charge in [-0.3, -0.25) is 19.4 Å². The Morgan fingerprint density at radius 2 is 2.03 bits per heavy atom. The Kier molecular flexibility index (Phi) is 5.75. The summed E-state index contributed by atoms with van der Waals surface area (Å²) in [7, 11) is 0. The molecule has 0 spiro atoms. The minimum atomic E-state index is -0.405. The van der Waals surface area contributed by atoms with Gasteiger partial charge in [-0.2, -0.15) is 0 Å². The van der Waals surface area contributed by atoms with Crippen LogP contribution in [0.3, 0.4) is 0 Å². The average Bonchev–Trinajstić information content (AvgIpc) is 3.35. The molecular formula is C26H27N5O3. The van der Waals surface area contributed by atoms with Crippen molar-refractivity contribution in [3.8, 4) is 0 Å². The van der Waals surface area contributed by atoms with Gasteiger partial charge in [0.15, 0.2) is 0 Å². The van der Waals surface area contributed by atoms with E-state index >= 15 is 0 Å². The Bertz CT molecular complexity index is 1500. The Morgan fingerprint density at radius 3 is 2.76 bits per heavy atom. The van der Waals surface area contributed by atoms with Crippen LogP contribution in [-0.2, 0) is 11.3 Å². The lowest BCUT2D eigenvalue weighted by Crippen LogP contribution is -2.37. The van der Waals surface area contributed by atoms with E-state index in [0.717, 1.165) is 24.0 Å². The molecular weight excluding hydrogens is 430 g/mol. The van der Waals surface area contributed by atoms with Gasteiger partial charge in [-0.25, -0.2) is 4.98 Å². The second-order valence-electron chi connectivity index (χ2n) is 8.80. The van der Waals surface area contributed by atoms with Crippen molar-refractivity contribution in [3.63, 3.8) is 0 Å². The highest BCUT2D eigenvalue weighted by Crippen LogP contribution is 2.18. The minimum Gasteiger partial charge on any atom is -0.376 e. The maximum absolute atomic E-state index is 13.4. The lowest BCUT2D eigenvalue weighted by Gasteiger charge is -2.19. The SMILES string of the molecule is Cc1cccn2c(=O)c3cc(C(=O)N[C@@H](C)c4ccccc4)c(=N)n(C[C@H]4CCCO4)c3nc12. The van der Waals surface area contributed by atoms with Gasteiger partial charge in [-0.05, 0) is 49.9 Å². The summed E-state index contributed by atoms with van der Waals surface area (Å²) in [5.41, 5.74) is 2.64. The summed E-state index contributed by atoms with van der Waals surface area (Å²) in [5.74, 6) is -0.405. The molecule has 0 radical (unpaired) electrons. The summed E-state index contributed by atoms with van der Waals surface area (Å²) in [6.45, 7) is 4.82. The first kappa shape index (κ1) is 22.0. The van der Waals surface area contributed by atoms with Crippen LogP contribution < -0.4 is 16.4 Å². The third-order valence-electron chi connectivity index (χ3n) is 6.44. The van der Waals surface area contributed by atoms with Gasteiger partial charge in [0.05, 0.1) is 29.6 Å². The van der Waals surface area contributed by atoms with Gasteiger partial charge in [-0.15, -0.1) is 0 Å². The molecule has 2 N–H and O–H groups in total. The highest BCUT2D eigenvalue weighted by atomic mass is 16.5. The Labute approximate surface area is 196 Å². The van der Waals surface area contributed by atoms with E-state index in [4.69, 9.17) is 15.1 Å². The molecule has 1 aliphatic heterocycles. The fraction of sp³-hybridized carbons (Fsp3) is 0.308. The van der Waals surface area contributed by atoms with E-state index in [2.05, 4.69) is 5.32 Å². The number of amides is 1. The van der Waals surface area contributed by atoms with Crippen LogP contribution in [0.5, 0.6) is 0 Å². The van der Waals surface area contributed by atoms with E-state index in [1.807, 2.05) is 50.2 Å². The van der Waals surface area contributed by atoms with Gasteiger partial charge in [0.2, 0.25) is 0 Å². The van der Waals surface area contributed by atoms with Crippen molar-refractivity contribution in [2.75, 3.05) is 6.61 Å². The van der Waals surface area contributed by atoms with E-state index in [9.17, 15) is 9.59 Å². The maximum atomic E-state index is 13.4. The fourth-order valence-electron chi connectivity index (χ4n) is 4.54. The van der Waals surface area contributed by atoms with Crippen molar-refractivity contribution in [1.29, 1.82) is 5.41 Å². The summed E-state index contributed by atoms with van der Waals surface area (Å²) in [4.78, 5) is 31.5. The van der Waals surface area contributed by atoms with Gasteiger partial charge >= 0.3 is 0 Å². The van der Waals surface area contributed by atoms with Crippen LogP contribution in [0.15, 0.2) is 59.5 Å². The highest BCUT2D eigenvalue weighted by molar-refractivity contribution is 5.97. The standard InChI is InChI=1S/C26H27N5O3/c1-16-8-6-12-30-23(16)29-24-21(26(30)33)14-20(22(27)31(24)15-19-11-7-13-34-19)25(32)28-17(2)18-9-4-3-5-10-18/h3-6,8-10,12,14,17,19,27H,7,11,13,15H2,1-2H3,(H,28,32)/t17-,19+/m0/s1. The van der Waals surface area contributed by atoms with E-state index < -0.39 is 5.91 Å². The zero-order valence-corrected chi connectivity index (χ0v) is 19.2. The van der Waals surface area contributed by atoms with Gasteiger partial charge < -0.3 is 14.6 Å². The number of ether oxygens (including phenoxy) is 1. The number of carbonyl (C=O) groups excluding carboxylic acids is 1. The number of rotatable bonds is 5. The van der Waals surface area contributed by atoms with Crippen LogP contribution in [0.4, 0.5) is 0 Å². The van der Waals surface area contributed by atoms with Crippen LogP contribution in [0.2, 0.25) is 0 Å². The zero-order chi connectivity index (χ0) is 23.8. The average molecular weight is 458 g/mol. The molecule has 0 bridgehead atoms. The fourth-order valence-corrected chi connectivity index (χ4v) is 4.54. The highest BCUT2D eigenvalue weighted by Gasteiger charge is 2.23. The smallest absolute Gasteiger partial charge is 0.267 e. The molecule has 1 amide bonds. The van der Waals surface area contributed by atoms with Gasteiger partial charge in [0.25, 0.3) is 11.5 Å². The summed E-state index contributed by atoms with van der Waals surface area (Å²) in [5, 5.41) is 12.2.